The van der Waals surface area contributed by atoms with Crippen LogP contribution in [0.3, 0.4) is 0 Å². The predicted octanol–water partition coefficient (Wildman–Crippen LogP) is 3.19. The molecule has 1 aromatic rings. The predicted molar refractivity (Wildman–Crippen MR) is 89.8 cm³/mol. The number of halogens is 1. The molecule has 2 heterocycles. The molecule has 1 unspecified atom stereocenters. The first-order valence-electron chi connectivity index (χ1n) is 8.09. The van der Waals surface area contributed by atoms with Crippen molar-refractivity contribution < 1.29 is 19.4 Å². The van der Waals surface area contributed by atoms with E-state index in [1.165, 1.54) is 0 Å². The third-order valence-electron chi connectivity index (χ3n) is 4.74. The first-order valence-corrected chi connectivity index (χ1v) is 8.46. The molecule has 1 saturated heterocycles. The molecule has 24 heavy (non-hydrogen) atoms. The number of amides is 1. The van der Waals surface area contributed by atoms with Gasteiger partial charge in [-0.05, 0) is 37.5 Å². The molecule has 0 saturated carbocycles. The van der Waals surface area contributed by atoms with Crippen LogP contribution in [0, 0.1) is 0 Å². The molecule has 5 nitrogen and oxygen atoms in total. The van der Waals surface area contributed by atoms with E-state index in [4.69, 9.17) is 16.3 Å². The molecule has 128 valence electrons. The molecule has 2 aliphatic heterocycles. The van der Waals surface area contributed by atoms with E-state index >= 15 is 0 Å². The highest BCUT2D eigenvalue weighted by molar-refractivity contribution is 6.30. The van der Waals surface area contributed by atoms with Crippen molar-refractivity contribution in [2.75, 3.05) is 13.2 Å². The van der Waals surface area contributed by atoms with Crippen LogP contribution in [0.5, 0.6) is 0 Å². The standard InChI is InChI=1S/C18H20ClNO4/c1-11-17(18(22)23)15(12-4-6-13(19)7-5-12)9-16(21)20(11)10-14-3-2-8-24-14/h4-7,14-15H,2-3,8-10H2,1H3,(H,22,23)/t14-,15?/m0/s1. The minimum Gasteiger partial charge on any atom is -0.478 e. The second-order valence-electron chi connectivity index (χ2n) is 6.25. The van der Waals surface area contributed by atoms with Crippen LogP contribution in [0.15, 0.2) is 35.5 Å². The summed E-state index contributed by atoms with van der Waals surface area (Å²) < 4.78 is 5.59. The summed E-state index contributed by atoms with van der Waals surface area (Å²) in [6, 6.07) is 7.00. The molecule has 1 fully saturated rings. The van der Waals surface area contributed by atoms with Gasteiger partial charge in [-0.1, -0.05) is 23.7 Å². The van der Waals surface area contributed by atoms with E-state index in [0.717, 1.165) is 18.4 Å². The lowest BCUT2D eigenvalue weighted by Crippen LogP contribution is -2.41. The Labute approximate surface area is 145 Å². The minimum atomic E-state index is -0.989. The Hall–Kier alpha value is -1.85. The Morgan fingerprint density at radius 3 is 2.67 bits per heavy atom. The smallest absolute Gasteiger partial charge is 0.333 e. The Balaban J connectivity index is 1.94. The number of nitrogens with zero attached hydrogens (tertiary/aromatic N) is 1. The van der Waals surface area contributed by atoms with Crippen LogP contribution in [-0.2, 0) is 14.3 Å². The highest BCUT2D eigenvalue weighted by Gasteiger charge is 2.37. The van der Waals surface area contributed by atoms with E-state index in [9.17, 15) is 14.7 Å². The van der Waals surface area contributed by atoms with Crippen molar-refractivity contribution in [1.82, 2.24) is 4.90 Å². The minimum absolute atomic E-state index is 0.00831. The third-order valence-corrected chi connectivity index (χ3v) is 4.99. The number of carboxylic acid groups (broad SMARTS) is 1. The van der Waals surface area contributed by atoms with Gasteiger partial charge in [0.15, 0.2) is 0 Å². The van der Waals surface area contributed by atoms with E-state index in [-0.39, 0.29) is 24.0 Å². The Bertz CT molecular complexity index is 677. The molecular weight excluding hydrogens is 330 g/mol. The van der Waals surface area contributed by atoms with Crippen molar-refractivity contribution >= 4 is 23.5 Å². The second kappa shape index (κ2) is 6.95. The largest absolute Gasteiger partial charge is 0.478 e. The number of hydrogen-bond donors (Lipinski definition) is 1. The number of aliphatic carboxylic acids is 1. The first-order chi connectivity index (χ1) is 11.5. The van der Waals surface area contributed by atoms with Gasteiger partial charge in [0.05, 0.1) is 18.2 Å². The molecule has 6 heteroatoms. The summed E-state index contributed by atoms with van der Waals surface area (Å²) in [5, 5.41) is 10.3. The number of ether oxygens (including phenoxy) is 1. The van der Waals surface area contributed by atoms with Gasteiger partial charge in [0, 0.05) is 29.7 Å². The highest BCUT2D eigenvalue weighted by atomic mass is 35.5. The lowest BCUT2D eigenvalue weighted by molar-refractivity contribution is -0.135. The molecule has 1 aromatic carbocycles. The van der Waals surface area contributed by atoms with Crippen molar-refractivity contribution in [3.8, 4) is 0 Å². The lowest BCUT2D eigenvalue weighted by atomic mass is 9.83. The van der Waals surface area contributed by atoms with Gasteiger partial charge in [0.25, 0.3) is 0 Å². The Morgan fingerprint density at radius 2 is 2.08 bits per heavy atom. The number of rotatable bonds is 4. The summed E-state index contributed by atoms with van der Waals surface area (Å²) in [7, 11) is 0. The zero-order valence-corrected chi connectivity index (χ0v) is 14.3. The molecule has 1 amide bonds. The highest BCUT2D eigenvalue weighted by Crippen LogP contribution is 2.37. The molecule has 0 spiro atoms. The van der Waals surface area contributed by atoms with Crippen LogP contribution in [0.4, 0.5) is 0 Å². The van der Waals surface area contributed by atoms with E-state index in [1.54, 1.807) is 36.1 Å². The summed E-state index contributed by atoms with van der Waals surface area (Å²) in [5.41, 5.74) is 1.57. The first kappa shape index (κ1) is 17.0. The summed E-state index contributed by atoms with van der Waals surface area (Å²) in [6.07, 6.45) is 2.02. The fraction of sp³-hybridized carbons (Fsp3) is 0.444. The summed E-state index contributed by atoms with van der Waals surface area (Å²) >= 11 is 5.91. The summed E-state index contributed by atoms with van der Waals surface area (Å²) in [5.74, 6) is -1.50. The third kappa shape index (κ3) is 3.32. The van der Waals surface area contributed by atoms with Crippen molar-refractivity contribution in [3.63, 3.8) is 0 Å². The van der Waals surface area contributed by atoms with Crippen LogP contribution in [0.25, 0.3) is 0 Å². The van der Waals surface area contributed by atoms with Gasteiger partial charge < -0.3 is 14.7 Å². The molecule has 0 aliphatic carbocycles. The molecule has 0 radical (unpaired) electrons. The normalized spacial score (nSPS) is 24.6. The van der Waals surface area contributed by atoms with E-state index in [2.05, 4.69) is 0 Å². The molecular formula is C18H20ClNO4. The molecule has 2 aliphatic rings. The van der Waals surface area contributed by atoms with E-state index in [0.29, 0.717) is 23.9 Å². The molecule has 3 rings (SSSR count). The van der Waals surface area contributed by atoms with Gasteiger partial charge in [-0.2, -0.15) is 0 Å². The zero-order chi connectivity index (χ0) is 17.3. The number of carbonyl (C=O) groups excluding carboxylic acids is 1. The summed E-state index contributed by atoms with van der Waals surface area (Å²) in [6.45, 7) is 2.84. The van der Waals surface area contributed by atoms with Crippen LogP contribution >= 0.6 is 11.6 Å². The van der Waals surface area contributed by atoms with E-state index < -0.39 is 11.9 Å². The maximum absolute atomic E-state index is 12.6. The fourth-order valence-electron chi connectivity index (χ4n) is 3.49. The maximum Gasteiger partial charge on any atom is 0.333 e. The maximum atomic E-state index is 12.6. The number of carboxylic acids is 1. The Morgan fingerprint density at radius 1 is 1.38 bits per heavy atom. The molecule has 1 N–H and O–H groups in total. The van der Waals surface area contributed by atoms with Gasteiger partial charge in [0.2, 0.25) is 5.91 Å². The molecule has 0 bridgehead atoms. The number of hydrogen-bond acceptors (Lipinski definition) is 3. The van der Waals surface area contributed by atoms with Gasteiger partial charge in [-0.25, -0.2) is 4.79 Å². The molecule has 0 aromatic heterocycles. The van der Waals surface area contributed by atoms with Gasteiger partial charge in [-0.3, -0.25) is 4.79 Å². The average molecular weight is 350 g/mol. The van der Waals surface area contributed by atoms with Crippen LogP contribution in [0.2, 0.25) is 5.02 Å². The lowest BCUT2D eigenvalue weighted by Gasteiger charge is -2.35. The van der Waals surface area contributed by atoms with Crippen molar-refractivity contribution in [2.24, 2.45) is 0 Å². The van der Waals surface area contributed by atoms with Crippen molar-refractivity contribution in [2.45, 2.75) is 38.2 Å². The number of allylic oxidation sites excluding steroid dienone is 1. The number of benzene rings is 1. The average Bonchev–Trinajstić information content (AvgIpc) is 3.04. The van der Waals surface area contributed by atoms with Gasteiger partial charge in [0.1, 0.15) is 0 Å². The monoisotopic (exact) mass is 349 g/mol. The second-order valence-corrected chi connectivity index (χ2v) is 6.69. The van der Waals surface area contributed by atoms with Crippen molar-refractivity contribution in [1.29, 1.82) is 0 Å². The fourth-order valence-corrected chi connectivity index (χ4v) is 3.61. The van der Waals surface area contributed by atoms with E-state index in [1.807, 2.05) is 0 Å². The number of carbonyl (C=O) groups is 2. The van der Waals surface area contributed by atoms with Gasteiger partial charge >= 0.3 is 5.97 Å². The molecule has 2 atom stereocenters. The van der Waals surface area contributed by atoms with Crippen molar-refractivity contribution in [3.05, 3.63) is 46.1 Å². The zero-order valence-electron chi connectivity index (χ0n) is 13.5. The Kier molecular flexibility index (Phi) is 4.92. The van der Waals surface area contributed by atoms with Crippen LogP contribution < -0.4 is 0 Å². The SMILES string of the molecule is CC1=C(C(=O)O)C(c2ccc(Cl)cc2)CC(=O)N1C[C@@H]1CCCO1. The van der Waals surface area contributed by atoms with Gasteiger partial charge in [-0.15, -0.1) is 0 Å². The summed E-state index contributed by atoms with van der Waals surface area (Å²) in [4.78, 5) is 26.1. The van der Waals surface area contributed by atoms with Crippen LogP contribution in [0.1, 0.15) is 37.7 Å². The van der Waals surface area contributed by atoms with Crippen LogP contribution in [-0.4, -0.2) is 41.1 Å². The quantitative estimate of drug-likeness (QED) is 0.906. The topological polar surface area (TPSA) is 66.8 Å².